The highest BCUT2D eigenvalue weighted by Crippen LogP contribution is 2.25. The molecule has 144 valence electrons. The first-order valence-corrected chi connectivity index (χ1v) is 11.0. The molecule has 0 aliphatic carbocycles. The number of imidazole rings is 1. The molecule has 0 radical (unpaired) electrons. The Labute approximate surface area is 165 Å². The number of pyridine rings is 1. The van der Waals surface area contributed by atoms with Gasteiger partial charge < -0.3 is 14.5 Å². The third-order valence-electron chi connectivity index (χ3n) is 4.03. The van der Waals surface area contributed by atoms with Gasteiger partial charge in [0.25, 0.3) is 0 Å². The third-order valence-corrected chi connectivity index (χ3v) is 6.31. The van der Waals surface area contributed by atoms with E-state index in [0.717, 1.165) is 32.9 Å². The first-order valence-electron chi connectivity index (χ1n) is 8.66. The number of fused-ring (bicyclic) bond motifs is 1. The van der Waals surface area contributed by atoms with Crippen LogP contribution in [-0.2, 0) is 26.0 Å². The molecule has 1 unspecified atom stereocenters. The summed E-state index contributed by atoms with van der Waals surface area (Å²) in [5.74, 6) is 1.19. The van der Waals surface area contributed by atoms with Crippen molar-refractivity contribution in [2.24, 2.45) is 0 Å². The van der Waals surface area contributed by atoms with Gasteiger partial charge in [-0.25, -0.2) is 4.98 Å². The fraction of sp³-hybridized carbons (Fsp3) is 0.368. The van der Waals surface area contributed by atoms with Crippen molar-refractivity contribution in [3.63, 3.8) is 0 Å². The molecule has 0 saturated carbocycles. The van der Waals surface area contributed by atoms with Gasteiger partial charge in [0.1, 0.15) is 0 Å². The number of methoxy groups -OCH3 is 1. The number of hydrogen-bond donors (Lipinski definition) is 1. The number of aromatic amines is 1. The van der Waals surface area contributed by atoms with Crippen molar-refractivity contribution in [2.45, 2.75) is 22.7 Å². The van der Waals surface area contributed by atoms with Crippen molar-refractivity contribution >= 4 is 33.6 Å². The zero-order valence-electron chi connectivity index (χ0n) is 15.4. The van der Waals surface area contributed by atoms with E-state index in [9.17, 15) is 4.21 Å². The Kier molecular flexibility index (Phi) is 7.40. The van der Waals surface area contributed by atoms with Crippen molar-refractivity contribution in [1.29, 1.82) is 0 Å². The minimum Gasteiger partial charge on any atom is -0.382 e. The molecule has 3 rings (SSSR count). The molecule has 0 amide bonds. The molecule has 2 aromatic heterocycles. The van der Waals surface area contributed by atoms with Crippen LogP contribution in [0.15, 0.2) is 46.6 Å². The van der Waals surface area contributed by atoms with Crippen LogP contribution in [0.2, 0.25) is 0 Å². The number of aromatic nitrogens is 3. The largest absolute Gasteiger partial charge is 0.382 e. The van der Waals surface area contributed by atoms with Crippen molar-refractivity contribution in [2.75, 3.05) is 32.7 Å². The van der Waals surface area contributed by atoms with Gasteiger partial charge in [-0.1, -0.05) is 12.1 Å². The van der Waals surface area contributed by atoms with Crippen molar-refractivity contribution in [3.05, 3.63) is 47.8 Å². The zero-order valence-corrected chi connectivity index (χ0v) is 17.1. The molecule has 1 N–H and O–H groups in total. The van der Waals surface area contributed by atoms with Crippen LogP contribution in [0.25, 0.3) is 11.0 Å². The van der Waals surface area contributed by atoms with E-state index in [1.165, 1.54) is 0 Å². The Morgan fingerprint density at radius 2 is 2.04 bits per heavy atom. The summed E-state index contributed by atoms with van der Waals surface area (Å²) >= 11 is 1.72. The zero-order chi connectivity index (χ0) is 19.1. The SMILES string of the molecule is COCCOCCSc1ccnc(CS(=O)c2nc3ccccc3[nH]2)c1C. The fourth-order valence-electron chi connectivity index (χ4n) is 2.55. The first kappa shape index (κ1) is 20.0. The number of thioether (sulfide) groups is 1. The van der Waals surface area contributed by atoms with E-state index in [0.29, 0.717) is 30.7 Å². The van der Waals surface area contributed by atoms with Crippen LogP contribution in [0.1, 0.15) is 11.3 Å². The molecular weight excluding hydrogens is 382 g/mol. The average Bonchev–Trinajstić information content (AvgIpc) is 3.11. The molecule has 0 aliphatic rings. The van der Waals surface area contributed by atoms with Crippen molar-refractivity contribution < 1.29 is 13.7 Å². The molecule has 3 aromatic rings. The Morgan fingerprint density at radius 1 is 1.19 bits per heavy atom. The standard InChI is InChI=1S/C19H23N3O3S2/c1-14-17(20-8-7-18(14)26-12-11-25-10-9-24-2)13-27(23)19-21-15-5-3-4-6-16(15)22-19/h3-8H,9-13H2,1-2H3,(H,21,22). The van der Waals surface area contributed by atoms with Crippen LogP contribution < -0.4 is 0 Å². The van der Waals surface area contributed by atoms with Crippen molar-refractivity contribution in [3.8, 4) is 0 Å². The molecular formula is C19H23N3O3S2. The molecule has 1 aromatic carbocycles. The normalized spacial score (nSPS) is 12.5. The van der Waals surface area contributed by atoms with Crippen LogP contribution in [0.3, 0.4) is 0 Å². The van der Waals surface area contributed by atoms with Crippen LogP contribution in [0.5, 0.6) is 0 Å². The van der Waals surface area contributed by atoms with Crippen LogP contribution >= 0.6 is 11.8 Å². The monoisotopic (exact) mass is 405 g/mol. The van der Waals surface area contributed by atoms with Gasteiger partial charge in [-0.2, -0.15) is 0 Å². The molecule has 8 heteroatoms. The summed E-state index contributed by atoms with van der Waals surface area (Å²) in [4.78, 5) is 13.1. The van der Waals surface area contributed by atoms with E-state index in [2.05, 4.69) is 15.0 Å². The Balaban J connectivity index is 1.62. The minimum absolute atomic E-state index is 0.338. The van der Waals surface area contributed by atoms with Gasteiger partial charge in [0.05, 0.1) is 53.1 Å². The molecule has 6 nitrogen and oxygen atoms in total. The number of nitrogens with one attached hydrogen (secondary N) is 1. The summed E-state index contributed by atoms with van der Waals surface area (Å²) in [5, 5.41) is 0.488. The lowest BCUT2D eigenvalue weighted by atomic mass is 10.2. The number of benzene rings is 1. The minimum atomic E-state index is -1.27. The number of nitrogens with zero attached hydrogens (tertiary/aromatic N) is 2. The second-order valence-electron chi connectivity index (χ2n) is 5.88. The second kappa shape index (κ2) is 9.98. The maximum Gasteiger partial charge on any atom is 0.197 e. The predicted octanol–water partition coefficient (Wildman–Crippen LogP) is 3.33. The highest BCUT2D eigenvalue weighted by Gasteiger charge is 2.14. The third kappa shape index (κ3) is 5.38. The van der Waals surface area contributed by atoms with Gasteiger partial charge in [0.15, 0.2) is 5.16 Å². The summed E-state index contributed by atoms with van der Waals surface area (Å²) in [6.45, 7) is 3.90. The van der Waals surface area contributed by atoms with Gasteiger partial charge in [0, 0.05) is 24.0 Å². The lowest BCUT2D eigenvalue weighted by Gasteiger charge is -2.10. The summed E-state index contributed by atoms with van der Waals surface area (Å²) in [7, 11) is 0.388. The van der Waals surface area contributed by atoms with Crippen LogP contribution in [0, 0.1) is 6.92 Å². The smallest absolute Gasteiger partial charge is 0.197 e. The second-order valence-corrected chi connectivity index (χ2v) is 8.39. The van der Waals surface area contributed by atoms with E-state index in [1.54, 1.807) is 25.1 Å². The molecule has 2 heterocycles. The number of para-hydroxylation sites is 2. The molecule has 0 saturated heterocycles. The first-order chi connectivity index (χ1) is 13.2. The number of hydrogen-bond acceptors (Lipinski definition) is 6. The Hall–Kier alpha value is -1.74. The summed E-state index contributed by atoms with van der Waals surface area (Å²) < 4.78 is 23.2. The maximum absolute atomic E-state index is 12.7. The lowest BCUT2D eigenvalue weighted by molar-refractivity contribution is 0.0790. The highest BCUT2D eigenvalue weighted by atomic mass is 32.2. The Morgan fingerprint density at radius 3 is 2.85 bits per heavy atom. The average molecular weight is 406 g/mol. The molecule has 0 aliphatic heterocycles. The van der Waals surface area contributed by atoms with E-state index in [1.807, 2.05) is 37.3 Å². The van der Waals surface area contributed by atoms with Gasteiger partial charge in [-0.3, -0.25) is 9.19 Å². The number of rotatable bonds is 10. The predicted molar refractivity (Wildman–Crippen MR) is 109 cm³/mol. The van der Waals surface area contributed by atoms with Crippen LogP contribution in [0.4, 0.5) is 0 Å². The van der Waals surface area contributed by atoms with Gasteiger partial charge in [0.2, 0.25) is 0 Å². The van der Waals surface area contributed by atoms with Gasteiger partial charge in [-0.05, 0) is 30.7 Å². The van der Waals surface area contributed by atoms with Gasteiger partial charge >= 0.3 is 0 Å². The van der Waals surface area contributed by atoms with Crippen molar-refractivity contribution in [1.82, 2.24) is 15.0 Å². The molecule has 0 spiro atoms. The highest BCUT2D eigenvalue weighted by molar-refractivity contribution is 7.99. The fourth-order valence-corrected chi connectivity index (χ4v) is 4.56. The molecule has 0 fully saturated rings. The number of H-pyrrole nitrogens is 1. The quantitative estimate of drug-likeness (QED) is 0.412. The maximum atomic E-state index is 12.7. The lowest BCUT2D eigenvalue weighted by Crippen LogP contribution is -2.05. The summed E-state index contributed by atoms with van der Waals surface area (Å²) in [6.07, 6.45) is 1.77. The summed E-state index contributed by atoms with van der Waals surface area (Å²) in [5.41, 5.74) is 3.61. The molecule has 1 atom stereocenters. The Bertz CT molecular complexity index is 881. The van der Waals surface area contributed by atoms with E-state index in [4.69, 9.17) is 9.47 Å². The molecule has 27 heavy (non-hydrogen) atoms. The van der Waals surface area contributed by atoms with Gasteiger partial charge in [-0.15, -0.1) is 11.8 Å². The number of ether oxygens (including phenoxy) is 2. The van der Waals surface area contributed by atoms with E-state index < -0.39 is 10.8 Å². The summed E-state index contributed by atoms with van der Waals surface area (Å²) in [6, 6.07) is 9.67. The van der Waals surface area contributed by atoms with Crippen LogP contribution in [-0.4, -0.2) is 51.8 Å². The molecule has 0 bridgehead atoms. The van der Waals surface area contributed by atoms with E-state index >= 15 is 0 Å². The van der Waals surface area contributed by atoms with E-state index in [-0.39, 0.29) is 0 Å². The topological polar surface area (TPSA) is 77.1 Å².